The molecule has 0 saturated heterocycles. The van der Waals surface area contributed by atoms with Gasteiger partial charge >= 0.3 is 0 Å². The first-order chi connectivity index (χ1) is 4.57. The van der Waals surface area contributed by atoms with Crippen LogP contribution in [0.15, 0.2) is 0 Å². The second-order valence-electron chi connectivity index (χ2n) is 2.73. The van der Waals surface area contributed by atoms with Crippen molar-refractivity contribution in [1.82, 2.24) is 5.09 Å². The lowest BCUT2D eigenvalue weighted by Crippen LogP contribution is -2.35. The Morgan fingerprint density at radius 2 is 2.10 bits per heavy atom. The predicted molar refractivity (Wildman–Crippen MR) is 46.6 cm³/mol. The highest BCUT2D eigenvalue weighted by Gasteiger charge is 2.11. The summed E-state index contributed by atoms with van der Waals surface area (Å²) in [6, 6.07) is 0.159. The summed E-state index contributed by atoms with van der Waals surface area (Å²) < 4.78 is 0. The van der Waals surface area contributed by atoms with Crippen molar-refractivity contribution in [3.63, 3.8) is 0 Å². The zero-order chi connectivity index (χ0) is 8.15. The summed E-state index contributed by atoms with van der Waals surface area (Å²) >= 11 is 0. The molecule has 0 amide bonds. The van der Waals surface area contributed by atoms with Gasteiger partial charge in [-0.15, -0.1) is 0 Å². The molecule has 0 saturated carbocycles. The fraction of sp³-hybridized carbons (Fsp3) is 1.00. The normalized spacial score (nSPS) is 20.1. The third-order valence-electron chi connectivity index (χ3n) is 1.49. The van der Waals surface area contributed by atoms with Crippen molar-refractivity contribution in [3.05, 3.63) is 0 Å². The Bertz CT molecular complexity index is 89.8. The number of hydrogen-bond acceptors (Lipinski definition) is 3. The monoisotopic (exact) mass is 164 g/mol. The molecule has 0 fully saturated rings. The third-order valence-corrected chi connectivity index (χ3v) is 2.06. The Morgan fingerprint density at radius 3 is 2.40 bits per heavy atom. The van der Waals surface area contributed by atoms with Crippen LogP contribution in [0.4, 0.5) is 0 Å². The zero-order valence-electron chi connectivity index (χ0n) is 6.54. The SMILES string of the molecule is CC(CC(O)C(C)N)NP. The van der Waals surface area contributed by atoms with Crippen LogP contribution in [0.5, 0.6) is 0 Å². The van der Waals surface area contributed by atoms with Crippen LogP contribution in [0.25, 0.3) is 0 Å². The summed E-state index contributed by atoms with van der Waals surface area (Å²) in [6.45, 7) is 3.80. The molecule has 3 nitrogen and oxygen atoms in total. The maximum Gasteiger partial charge on any atom is 0.0703 e. The van der Waals surface area contributed by atoms with E-state index in [1.165, 1.54) is 0 Å². The number of nitrogens with one attached hydrogen (secondary N) is 1. The first-order valence-corrected chi connectivity index (χ1v) is 4.05. The standard InChI is InChI=1S/C6H17N2OP/c1-4(8-10)3-6(9)5(2)7/h4-6,8-9H,3,7,10H2,1-2H3. The topological polar surface area (TPSA) is 58.3 Å². The molecule has 0 aliphatic heterocycles. The molecule has 4 N–H and O–H groups in total. The van der Waals surface area contributed by atoms with Crippen LogP contribution in [0, 0.1) is 0 Å². The maximum atomic E-state index is 9.25. The lowest BCUT2D eigenvalue weighted by molar-refractivity contribution is 0.133. The molecule has 4 unspecified atom stereocenters. The molecule has 0 spiro atoms. The maximum absolute atomic E-state index is 9.25. The van der Waals surface area contributed by atoms with Gasteiger partial charge in [0, 0.05) is 12.1 Å². The first-order valence-electron chi connectivity index (χ1n) is 3.47. The van der Waals surface area contributed by atoms with E-state index < -0.39 is 6.10 Å². The molecule has 0 aliphatic carbocycles. The van der Waals surface area contributed by atoms with Gasteiger partial charge in [-0.2, -0.15) is 0 Å². The Kier molecular flexibility index (Phi) is 5.18. The van der Waals surface area contributed by atoms with E-state index in [1.54, 1.807) is 6.92 Å². The highest BCUT2D eigenvalue weighted by atomic mass is 31.0. The molecule has 0 aliphatic rings. The molecule has 0 heterocycles. The number of aliphatic hydroxyl groups excluding tert-OH is 1. The van der Waals surface area contributed by atoms with Crippen molar-refractivity contribution in [2.24, 2.45) is 5.73 Å². The summed E-state index contributed by atoms with van der Waals surface area (Å²) in [7, 11) is 2.41. The first kappa shape index (κ1) is 10.3. The number of nitrogens with two attached hydrogens (primary N) is 1. The van der Waals surface area contributed by atoms with Crippen LogP contribution in [0.2, 0.25) is 0 Å². The molecule has 0 aromatic carbocycles. The van der Waals surface area contributed by atoms with Gasteiger partial charge in [0.05, 0.1) is 6.10 Å². The van der Waals surface area contributed by atoms with Crippen LogP contribution in [-0.2, 0) is 0 Å². The fourth-order valence-electron chi connectivity index (χ4n) is 0.645. The van der Waals surface area contributed by atoms with Crippen molar-refractivity contribution in [2.75, 3.05) is 0 Å². The molecular formula is C6H17N2OP. The van der Waals surface area contributed by atoms with Gasteiger partial charge in [0.25, 0.3) is 0 Å². The van der Waals surface area contributed by atoms with Crippen LogP contribution < -0.4 is 10.8 Å². The molecule has 4 atom stereocenters. The van der Waals surface area contributed by atoms with Crippen LogP contribution in [-0.4, -0.2) is 23.3 Å². The predicted octanol–water partition coefficient (Wildman–Crippen LogP) is -0.147. The molecule has 0 bridgehead atoms. The van der Waals surface area contributed by atoms with Gasteiger partial charge < -0.3 is 10.8 Å². The Morgan fingerprint density at radius 1 is 1.60 bits per heavy atom. The van der Waals surface area contributed by atoms with E-state index in [1.807, 2.05) is 6.92 Å². The molecule has 0 aromatic rings. The number of hydrogen-bond donors (Lipinski definition) is 3. The zero-order valence-corrected chi connectivity index (χ0v) is 7.70. The lowest BCUT2D eigenvalue weighted by Gasteiger charge is -2.18. The van der Waals surface area contributed by atoms with Crippen LogP contribution in [0.3, 0.4) is 0 Å². The van der Waals surface area contributed by atoms with Crippen LogP contribution >= 0.6 is 9.39 Å². The summed E-state index contributed by atoms with van der Waals surface area (Å²) in [5.41, 5.74) is 5.45. The minimum Gasteiger partial charge on any atom is -0.391 e. The summed E-state index contributed by atoms with van der Waals surface area (Å²) in [6.07, 6.45) is 0.296. The number of aliphatic hydroxyl groups is 1. The van der Waals surface area contributed by atoms with Gasteiger partial charge in [0.1, 0.15) is 0 Å². The molecule has 4 heteroatoms. The van der Waals surface area contributed by atoms with E-state index in [9.17, 15) is 5.11 Å². The van der Waals surface area contributed by atoms with Gasteiger partial charge in [0.2, 0.25) is 0 Å². The van der Waals surface area contributed by atoms with E-state index in [4.69, 9.17) is 5.73 Å². The van der Waals surface area contributed by atoms with Gasteiger partial charge in [-0.3, -0.25) is 5.09 Å². The third kappa shape index (κ3) is 4.18. The highest BCUT2D eigenvalue weighted by molar-refractivity contribution is 7.13. The molecule has 0 radical (unpaired) electrons. The summed E-state index contributed by atoms with van der Waals surface area (Å²) in [4.78, 5) is 0. The molecule has 62 valence electrons. The van der Waals surface area contributed by atoms with Gasteiger partial charge in [0.15, 0.2) is 0 Å². The molecule has 0 rings (SSSR count). The summed E-state index contributed by atoms with van der Waals surface area (Å²) in [5, 5.41) is 12.2. The second kappa shape index (κ2) is 5.03. The van der Waals surface area contributed by atoms with Gasteiger partial charge in [-0.25, -0.2) is 0 Å². The number of rotatable bonds is 4. The lowest BCUT2D eigenvalue weighted by atomic mass is 10.1. The Labute approximate surface area is 64.6 Å². The van der Waals surface area contributed by atoms with E-state index in [2.05, 4.69) is 14.5 Å². The van der Waals surface area contributed by atoms with Gasteiger partial charge in [-0.1, -0.05) is 9.39 Å². The highest BCUT2D eigenvalue weighted by Crippen LogP contribution is 2.01. The van der Waals surface area contributed by atoms with Crippen LogP contribution in [0.1, 0.15) is 20.3 Å². The second-order valence-corrected chi connectivity index (χ2v) is 3.06. The minimum absolute atomic E-state index is 0.138. The minimum atomic E-state index is -0.400. The van der Waals surface area contributed by atoms with E-state index in [-0.39, 0.29) is 6.04 Å². The quantitative estimate of drug-likeness (QED) is 0.506. The van der Waals surface area contributed by atoms with Crippen molar-refractivity contribution in [3.8, 4) is 0 Å². The molecular weight excluding hydrogens is 147 g/mol. The van der Waals surface area contributed by atoms with Crippen molar-refractivity contribution >= 4 is 9.39 Å². The fourth-order valence-corrected chi connectivity index (χ4v) is 0.781. The average Bonchev–Trinajstić information content (AvgIpc) is 1.87. The smallest absolute Gasteiger partial charge is 0.0703 e. The van der Waals surface area contributed by atoms with E-state index in [0.29, 0.717) is 12.5 Å². The summed E-state index contributed by atoms with van der Waals surface area (Å²) in [5.74, 6) is 0. The van der Waals surface area contributed by atoms with Crippen molar-refractivity contribution < 1.29 is 5.11 Å². The van der Waals surface area contributed by atoms with E-state index >= 15 is 0 Å². The van der Waals surface area contributed by atoms with Crippen molar-refractivity contribution in [1.29, 1.82) is 0 Å². The largest absolute Gasteiger partial charge is 0.391 e. The van der Waals surface area contributed by atoms with Crippen molar-refractivity contribution in [2.45, 2.75) is 38.5 Å². The van der Waals surface area contributed by atoms with E-state index in [0.717, 1.165) is 0 Å². The Balaban J connectivity index is 3.46. The molecule has 10 heavy (non-hydrogen) atoms. The molecule has 0 aromatic heterocycles. The Hall–Kier alpha value is 0.310. The van der Waals surface area contributed by atoms with Gasteiger partial charge in [-0.05, 0) is 20.3 Å². The average molecular weight is 164 g/mol.